The van der Waals surface area contributed by atoms with Gasteiger partial charge in [0.15, 0.2) is 0 Å². The Balaban J connectivity index is 1.78. The fourth-order valence-electron chi connectivity index (χ4n) is 6.64. The molecule has 2 nitrogen and oxygen atoms in total. The van der Waals surface area contributed by atoms with Crippen molar-refractivity contribution >= 4 is 7.74 Å². The van der Waals surface area contributed by atoms with Crippen LogP contribution < -0.4 is 7.74 Å². The Labute approximate surface area is 241 Å². The maximum absolute atomic E-state index is 17.2. The molecule has 2 aromatic heterocycles. The van der Waals surface area contributed by atoms with Crippen LogP contribution >= 0.6 is 0 Å². The Morgan fingerprint density at radius 2 is 0.902 bits per heavy atom. The van der Waals surface area contributed by atoms with Gasteiger partial charge in [0.25, 0.3) is 0 Å². The van der Waals surface area contributed by atoms with Gasteiger partial charge in [-0.15, -0.1) is 0 Å². The van der Waals surface area contributed by atoms with E-state index in [-0.39, 0.29) is 19.1 Å². The third kappa shape index (κ3) is 4.11. The van der Waals surface area contributed by atoms with Crippen LogP contribution in [0.3, 0.4) is 0 Å². The SMILES string of the molecule is Cc1ccc(C)n1-c1ccc(F)[c]([Ti]([C]2=CC=CC2)([C]2=CC=CC2)[c]2c(F)ccc(-n3c(C)ccc3C)c2F)c1F. The van der Waals surface area contributed by atoms with E-state index < -0.39 is 39.9 Å². The summed E-state index contributed by atoms with van der Waals surface area (Å²) < 4.78 is 71.5. The molecule has 0 radical (unpaired) electrons. The van der Waals surface area contributed by atoms with Gasteiger partial charge in [-0.2, -0.15) is 0 Å². The van der Waals surface area contributed by atoms with Crippen LogP contribution in [0, 0.1) is 51.0 Å². The fourth-order valence-corrected chi connectivity index (χ4v) is 14.9. The maximum atomic E-state index is 17.2. The van der Waals surface area contributed by atoms with Gasteiger partial charge in [0.05, 0.1) is 0 Å². The Hall–Kier alpha value is -3.61. The Bertz CT molecular complexity index is 1660. The van der Waals surface area contributed by atoms with Crippen molar-refractivity contribution in [2.24, 2.45) is 0 Å². The monoisotopic (exact) mass is 590 g/mol. The van der Waals surface area contributed by atoms with Crippen molar-refractivity contribution in [1.29, 1.82) is 0 Å². The van der Waals surface area contributed by atoms with Gasteiger partial charge < -0.3 is 0 Å². The third-order valence-electron chi connectivity index (χ3n) is 8.42. The van der Waals surface area contributed by atoms with E-state index in [0.717, 1.165) is 22.8 Å². The predicted octanol–water partition coefficient (Wildman–Crippen LogP) is 7.85. The van der Waals surface area contributed by atoms with E-state index in [1.54, 1.807) is 9.13 Å². The number of allylic oxidation sites excluding steroid dienone is 8. The van der Waals surface area contributed by atoms with Crippen molar-refractivity contribution in [3.05, 3.63) is 139 Å². The molecule has 0 fully saturated rings. The van der Waals surface area contributed by atoms with E-state index in [4.69, 9.17) is 0 Å². The molecule has 0 bridgehead atoms. The third-order valence-corrected chi connectivity index (χ3v) is 16.4. The van der Waals surface area contributed by atoms with Crippen molar-refractivity contribution < 1.29 is 34.2 Å². The number of hydrogen-bond donors (Lipinski definition) is 0. The fraction of sp³-hybridized carbons (Fsp3) is 0.176. The topological polar surface area (TPSA) is 9.86 Å². The molecule has 0 unspecified atom stereocenters. The zero-order chi connectivity index (χ0) is 29.1. The first-order chi connectivity index (χ1) is 19.7. The van der Waals surface area contributed by atoms with E-state index in [9.17, 15) is 0 Å². The number of aryl methyl sites for hydroxylation is 4. The molecule has 0 atom stereocenters. The van der Waals surface area contributed by atoms with Gasteiger partial charge in [-0.3, -0.25) is 0 Å². The first kappa shape index (κ1) is 27.6. The summed E-state index contributed by atoms with van der Waals surface area (Å²) in [7, 11) is 0. The van der Waals surface area contributed by atoms with E-state index in [0.29, 0.717) is 20.6 Å². The molecule has 0 aliphatic heterocycles. The number of aromatic nitrogens is 2. The summed E-state index contributed by atoms with van der Waals surface area (Å²) in [5.41, 5.74) is 3.45. The van der Waals surface area contributed by atoms with Crippen molar-refractivity contribution in [2.75, 3.05) is 0 Å². The standard InChI is InChI=1S/2C12H10F2N.2C5H5.Ti/c2*1-8-3-4-9(2)15(8)12-6-5-10(13)7-11(12)14;2*1-2-4-5-3-1;/h2*3-6H,1-2H3;2*1-3H,4H2;. The van der Waals surface area contributed by atoms with Crippen LogP contribution in [0.1, 0.15) is 35.6 Å². The molecule has 2 aromatic carbocycles. The second kappa shape index (κ2) is 10.3. The molecule has 0 amide bonds. The van der Waals surface area contributed by atoms with Crippen LogP contribution in [0.5, 0.6) is 0 Å². The van der Waals surface area contributed by atoms with Gasteiger partial charge in [0.2, 0.25) is 0 Å². The van der Waals surface area contributed by atoms with Crippen LogP contribution in [-0.2, 0) is 16.6 Å². The predicted molar refractivity (Wildman–Crippen MR) is 153 cm³/mol. The van der Waals surface area contributed by atoms with E-state index in [2.05, 4.69) is 0 Å². The second-order valence-electron chi connectivity index (χ2n) is 10.8. The Morgan fingerprint density at radius 3 is 1.22 bits per heavy atom. The van der Waals surface area contributed by atoms with E-state index in [1.807, 2.05) is 88.4 Å². The molecule has 41 heavy (non-hydrogen) atoms. The van der Waals surface area contributed by atoms with Gasteiger partial charge in [-0.1, -0.05) is 0 Å². The average molecular weight is 590 g/mol. The minimum atomic E-state index is -4.94. The second-order valence-corrected chi connectivity index (χ2v) is 16.7. The van der Waals surface area contributed by atoms with Gasteiger partial charge in [-0.05, 0) is 0 Å². The van der Waals surface area contributed by atoms with Crippen molar-refractivity contribution in [1.82, 2.24) is 9.13 Å². The number of nitrogens with zero attached hydrogens (tertiary/aromatic N) is 2. The Kier molecular flexibility index (Phi) is 6.95. The molecule has 0 saturated heterocycles. The van der Waals surface area contributed by atoms with Gasteiger partial charge in [0.1, 0.15) is 0 Å². The quantitative estimate of drug-likeness (QED) is 0.160. The summed E-state index contributed by atoms with van der Waals surface area (Å²) in [6.45, 7) is 7.40. The molecule has 0 N–H and O–H groups in total. The average Bonchev–Trinajstić information content (AvgIpc) is 3.75. The number of benzene rings is 2. The molecule has 4 aromatic rings. The molecule has 6 rings (SSSR count). The zero-order valence-corrected chi connectivity index (χ0v) is 25.0. The van der Waals surface area contributed by atoms with Crippen LogP contribution in [0.25, 0.3) is 11.4 Å². The molecule has 7 heteroatoms. The molecular formula is C34H30F4N2Ti. The Morgan fingerprint density at radius 1 is 0.537 bits per heavy atom. The summed E-state index contributed by atoms with van der Waals surface area (Å²) in [5, 5.41) is 0. The minimum absolute atomic E-state index is 0.170. The van der Waals surface area contributed by atoms with Crippen LogP contribution in [0.4, 0.5) is 17.6 Å². The van der Waals surface area contributed by atoms with Crippen LogP contribution in [-0.4, -0.2) is 9.13 Å². The summed E-state index contributed by atoms with van der Waals surface area (Å²) in [5.74, 6) is -3.12. The molecular weight excluding hydrogens is 560 g/mol. The van der Waals surface area contributed by atoms with Gasteiger partial charge in [-0.25, -0.2) is 0 Å². The summed E-state index contributed by atoms with van der Waals surface area (Å²) in [4.78, 5) is 0. The summed E-state index contributed by atoms with van der Waals surface area (Å²) >= 11 is -4.94. The summed E-state index contributed by atoms with van der Waals surface area (Å²) in [6.07, 6.45) is 11.8. The molecule has 2 aliphatic rings. The molecule has 208 valence electrons. The summed E-state index contributed by atoms with van der Waals surface area (Å²) in [6, 6.07) is 12.8. The zero-order valence-electron chi connectivity index (χ0n) is 23.4. The van der Waals surface area contributed by atoms with E-state index >= 15 is 17.6 Å². The van der Waals surface area contributed by atoms with Gasteiger partial charge >= 0.3 is 242 Å². The first-order valence-corrected chi connectivity index (χ1v) is 16.8. The normalized spacial score (nSPS) is 14.7. The molecule has 0 saturated carbocycles. The number of hydrogen-bond acceptors (Lipinski definition) is 0. The van der Waals surface area contributed by atoms with Crippen molar-refractivity contribution in [3.63, 3.8) is 0 Å². The molecule has 2 heterocycles. The molecule has 0 spiro atoms. The van der Waals surface area contributed by atoms with Crippen LogP contribution in [0.15, 0.2) is 92.7 Å². The molecule has 2 aliphatic carbocycles. The van der Waals surface area contributed by atoms with Crippen molar-refractivity contribution in [2.45, 2.75) is 40.5 Å². The van der Waals surface area contributed by atoms with E-state index in [1.165, 1.54) is 24.3 Å². The van der Waals surface area contributed by atoms with Gasteiger partial charge in [0, 0.05) is 0 Å². The van der Waals surface area contributed by atoms with Crippen LogP contribution in [0.2, 0.25) is 0 Å². The van der Waals surface area contributed by atoms with Crippen molar-refractivity contribution in [3.8, 4) is 11.4 Å². The first-order valence-electron chi connectivity index (χ1n) is 13.7. The number of rotatable bonds is 6. The number of halogens is 4.